The van der Waals surface area contributed by atoms with Gasteiger partial charge in [0.15, 0.2) is 0 Å². The molecule has 0 saturated heterocycles. The second kappa shape index (κ2) is 5.56. The number of nitrogens with one attached hydrogen (secondary N) is 1. The molecule has 2 aromatic rings. The molecule has 1 aliphatic rings. The van der Waals surface area contributed by atoms with E-state index in [0.29, 0.717) is 5.56 Å². The molecule has 1 aromatic carbocycles. The number of anilines is 2. The number of aromatic nitrogens is 1. The fraction of sp³-hybridized carbons (Fsp3) is 0.294. The molecule has 1 aliphatic heterocycles. The summed E-state index contributed by atoms with van der Waals surface area (Å²) < 4.78 is 0. The minimum absolute atomic E-state index is 0.0106. The summed E-state index contributed by atoms with van der Waals surface area (Å²) in [5.41, 5.74) is 3.71. The predicted molar refractivity (Wildman–Crippen MR) is 84.8 cm³/mol. The first-order valence-corrected chi connectivity index (χ1v) is 7.31. The SMILES string of the molecule is CCNc1ccncc1C(=O)N1c2ccccc2CC1C. The van der Waals surface area contributed by atoms with Gasteiger partial charge < -0.3 is 10.2 Å². The number of para-hydroxylation sites is 1. The van der Waals surface area contributed by atoms with Gasteiger partial charge in [-0.15, -0.1) is 0 Å². The summed E-state index contributed by atoms with van der Waals surface area (Å²) in [6.45, 7) is 4.88. The molecule has 21 heavy (non-hydrogen) atoms. The fourth-order valence-electron chi connectivity index (χ4n) is 2.91. The summed E-state index contributed by atoms with van der Waals surface area (Å²) in [5, 5.41) is 3.23. The predicted octanol–water partition coefficient (Wildman–Crippen LogP) is 3.10. The Morgan fingerprint density at radius 1 is 1.38 bits per heavy atom. The van der Waals surface area contributed by atoms with E-state index in [0.717, 1.165) is 24.3 Å². The number of fused-ring (bicyclic) bond motifs is 1. The highest BCUT2D eigenvalue weighted by Crippen LogP contribution is 2.33. The van der Waals surface area contributed by atoms with E-state index in [9.17, 15) is 4.79 Å². The summed E-state index contributed by atoms with van der Waals surface area (Å²) in [7, 11) is 0. The minimum Gasteiger partial charge on any atom is -0.385 e. The lowest BCUT2D eigenvalue weighted by Gasteiger charge is -2.23. The molecule has 0 fully saturated rings. The smallest absolute Gasteiger partial charge is 0.262 e. The first-order chi connectivity index (χ1) is 10.2. The molecular formula is C17H19N3O. The third kappa shape index (κ3) is 2.37. The van der Waals surface area contributed by atoms with Crippen molar-refractivity contribution in [2.75, 3.05) is 16.8 Å². The van der Waals surface area contributed by atoms with Gasteiger partial charge >= 0.3 is 0 Å². The van der Waals surface area contributed by atoms with Crippen LogP contribution < -0.4 is 10.2 Å². The van der Waals surface area contributed by atoms with E-state index in [1.54, 1.807) is 12.4 Å². The number of pyridine rings is 1. The maximum absolute atomic E-state index is 13.0. The third-order valence-electron chi connectivity index (χ3n) is 3.84. The summed E-state index contributed by atoms with van der Waals surface area (Å²) in [6.07, 6.45) is 4.25. The molecule has 0 radical (unpaired) electrons. The van der Waals surface area contributed by atoms with Crippen LogP contribution >= 0.6 is 0 Å². The lowest BCUT2D eigenvalue weighted by Crippen LogP contribution is -2.36. The van der Waals surface area contributed by atoms with Crippen LogP contribution in [0.15, 0.2) is 42.7 Å². The van der Waals surface area contributed by atoms with Crippen LogP contribution in [0.2, 0.25) is 0 Å². The van der Waals surface area contributed by atoms with Gasteiger partial charge in [-0.1, -0.05) is 18.2 Å². The number of hydrogen-bond donors (Lipinski definition) is 1. The molecule has 1 unspecified atom stereocenters. The molecule has 1 amide bonds. The largest absolute Gasteiger partial charge is 0.385 e. The standard InChI is InChI=1S/C17H19N3O/c1-3-19-15-8-9-18-11-14(15)17(21)20-12(2)10-13-6-4-5-7-16(13)20/h4-9,11-12H,3,10H2,1-2H3,(H,18,19). The molecule has 108 valence electrons. The quantitative estimate of drug-likeness (QED) is 0.940. The first-order valence-electron chi connectivity index (χ1n) is 7.31. The van der Waals surface area contributed by atoms with Gasteiger partial charge in [0.05, 0.1) is 11.3 Å². The normalized spacial score (nSPS) is 16.7. The van der Waals surface area contributed by atoms with Crippen LogP contribution in [0, 0.1) is 0 Å². The summed E-state index contributed by atoms with van der Waals surface area (Å²) in [6, 6.07) is 10.1. The van der Waals surface area contributed by atoms with Crippen molar-refractivity contribution in [2.24, 2.45) is 0 Å². The molecule has 0 aliphatic carbocycles. The molecule has 1 atom stereocenters. The molecule has 1 aromatic heterocycles. The Morgan fingerprint density at radius 3 is 3.00 bits per heavy atom. The molecule has 3 rings (SSSR count). The number of nitrogens with zero attached hydrogens (tertiary/aromatic N) is 2. The Balaban J connectivity index is 2.00. The van der Waals surface area contributed by atoms with E-state index >= 15 is 0 Å². The van der Waals surface area contributed by atoms with Crippen LogP contribution in [-0.4, -0.2) is 23.5 Å². The minimum atomic E-state index is 0.0106. The van der Waals surface area contributed by atoms with Gasteiger partial charge in [-0.2, -0.15) is 0 Å². The fourth-order valence-corrected chi connectivity index (χ4v) is 2.91. The van der Waals surface area contributed by atoms with Crippen LogP contribution in [0.3, 0.4) is 0 Å². The molecule has 4 nitrogen and oxygen atoms in total. The lowest BCUT2D eigenvalue weighted by molar-refractivity contribution is 0.0982. The van der Waals surface area contributed by atoms with Crippen molar-refractivity contribution in [1.29, 1.82) is 0 Å². The van der Waals surface area contributed by atoms with Crippen molar-refractivity contribution in [3.63, 3.8) is 0 Å². The van der Waals surface area contributed by atoms with Gasteiger partial charge in [0, 0.05) is 30.7 Å². The Hall–Kier alpha value is -2.36. The Labute approximate surface area is 124 Å². The van der Waals surface area contributed by atoms with Gasteiger partial charge in [0.25, 0.3) is 5.91 Å². The maximum Gasteiger partial charge on any atom is 0.262 e. The highest BCUT2D eigenvalue weighted by atomic mass is 16.2. The topological polar surface area (TPSA) is 45.2 Å². The van der Waals surface area contributed by atoms with Crippen molar-refractivity contribution in [3.8, 4) is 0 Å². The van der Waals surface area contributed by atoms with E-state index < -0.39 is 0 Å². The average Bonchev–Trinajstić information content (AvgIpc) is 2.83. The highest BCUT2D eigenvalue weighted by Gasteiger charge is 2.32. The molecule has 0 spiro atoms. The number of benzene rings is 1. The summed E-state index contributed by atoms with van der Waals surface area (Å²) in [5.74, 6) is 0.0106. The number of rotatable bonds is 3. The first kappa shape index (κ1) is 13.6. The van der Waals surface area contributed by atoms with Gasteiger partial charge in [0.1, 0.15) is 0 Å². The number of carbonyl (C=O) groups excluding carboxylic acids is 1. The second-order valence-corrected chi connectivity index (χ2v) is 5.31. The highest BCUT2D eigenvalue weighted by molar-refractivity contribution is 6.10. The average molecular weight is 281 g/mol. The van der Waals surface area contributed by atoms with E-state index in [1.807, 2.05) is 36.1 Å². The van der Waals surface area contributed by atoms with Crippen molar-refractivity contribution in [2.45, 2.75) is 26.3 Å². The third-order valence-corrected chi connectivity index (χ3v) is 3.84. The van der Waals surface area contributed by atoms with Crippen molar-refractivity contribution >= 4 is 17.3 Å². The van der Waals surface area contributed by atoms with Crippen LogP contribution in [0.25, 0.3) is 0 Å². The van der Waals surface area contributed by atoms with E-state index in [-0.39, 0.29) is 11.9 Å². The number of amides is 1. The zero-order valence-corrected chi connectivity index (χ0v) is 12.3. The van der Waals surface area contributed by atoms with Crippen LogP contribution in [-0.2, 0) is 6.42 Å². The van der Waals surface area contributed by atoms with Gasteiger partial charge in [0.2, 0.25) is 0 Å². The van der Waals surface area contributed by atoms with Crippen LogP contribution in [0.1, 0.15) is 29.8 Å². The van der Waals surface area contributed by atoms with Crippen LogP contribution in [0.4, 0.5) is 11.4 Å². The zero-order valence-electron chi connectivity index (χ0n) is 12.3. The van der Waals surface area contributed by atoms with Crippen molar-refractivity contribution < 1.29 is 4.79 Å². The monoisotopic (exact) mass is 281 g/mol. The van der Waals surface area contributed by atoms with Gasteiger partial charge in [-0.3, -0.25) is 9.78 Å². The molecule has 0 bridgehead atoms. The zero-order chi connectivity index (χ0) is 14.8. The van der Waals surface area contributed by atoms with Crippen molar-refractivity contribution in [3.05, 3.63) is 53.9 Å². The van der Waals surface area contributed by atoms with E-state index in [1.165, 1.54) is 5.56 Å². The van der Waals surface area contributed by atoms with Gasteiger partial charge in [-0.25, -0.2) is 0 Å². The molecule has 0 saturated carbocycles. The summed E-state index contributed by atoms with van der Waals surface area (Å²) >= 11 is 0. The maximum atomic E-state index is 13.0. The lowest BCUT2D eigenvalue weighted by atomic mass is 10.1. The van der Waals surface area contributed by atoms with E-state index in [2.05, 4.69) is 23.3 Å². The summed E-state index contributed by atoms with van der Waals surface area (Å²) in [4.78, 5) is 19.0. The number of hydrogen-bond acceptors (Lipinski definition) is 3. The van der Waals surface area contributed by atoms with Crippen molar-refractivity contribution in [1.82, 2.24) is 4.98 Å². The molecule has 4 heteroatoms. The number of carbonyl (C=O) groups is 1. The molecule has 1 N–H and O–H groups in total. The van der Waals surface area contributed by atoms with Gasteiger partial charge in [-0.05, 0) is 38.0 Å². The molecular weight excluding hydrogens is 262 g/mol. The van der Waals surface area contributed by atoms with E-state index in [4.69, 9.17) is 0 Å². The Bertz CT molecular complexity index is 669. The second-order valence-electron chi connectivity index (χ2n) is 5.31. The molecule has 2 heterocycles. The van der Waals surface area contributed by atoms with Crippen LogP contribution in [0.5, 0.6) is 0 Å². The Kier molecular flexibility index (Phi) is 3.60. The Morgan fingerprint density at radius 2 is 2.19 bits per heavy atom.